The maximum Gasteiger partial charge on any atom is 0.218 e. The maximum atomic E-state index is 13.5. The second kappa shape index (κ2) is 7.38. The van der Waals surface area contributed by atoms with Gasteiger partial charge in [0.2, 0.25) is 8.32 Å². The van der Waals surface area contributed by atoms with Gasteiger partial charge in [-0.3, -0.25) is 9.59 Å². The monoisotopic (exact) mass is 438 g/mol. The molecule has 0 spiro atoms. The first kappa shape index (κ1) is 21.6. The number of ketones is 2. The van der Waals surface area contributed by atoms with E-state index in [1.165, 1.54) is 5.19 Å². The molecule has 4 aliphatic rings. The quantitative estimate of drug-likeness (QED) is 0.604. The van der Waals surface area contributed by atoms with Gasteiger partial charge in [-0.25, -0.2) is 0 Å². The van der Waals surface area contributed by atoms with Crippen molar-refractivity contribution >= 4 is 25.1 Å². The average molecular weight is 439 g/mol. The lowest BCUT2D eigenvalue weighted by Crippen LogP contribution is -2.58. The van der Waals surface area contributed by atoms with Gasteiger partial charge in [0, 0.05) is 30.3 Å². The normalized spacial score (nSPS) is 42.6. The smallest absolute Gasteiger partial charge is 0.218 e. The number of carbonyl (C=O) groups is 2. The van der Waals surface area contributed by atoms with Crippen LogP contribution in [0.1, 0.15) is 65.2 Å². The SMILES string of the molecule is C[C@]12CC[C@@H](O[Si](C)(C)c3ccccc3)C[C@@H]1C(=O)C[C@@H]1[C@@H]2CC[C@]2(C)C(=O)CC[C@@H]12. The zero-order valence-corrected chi connectivity index (χ0v) is 20.7. The van der Waals surface area contributed by atoms with Crippen LogP contribution < -0.4 is 5.19 Å². The third-order valence-corrected chi connectivity index (χ3v) is 12.7. The minimum absolute atomic E-state index is 0.0886. The molecule has 1 aromatic carbocycles. The van der Waals surface area contributed by atoms with Crippen LogP contribution in [0.3, 0.4) is 0 Å². The van der Waals surface area contributed by atoms with Crippen LogP contribution in [0.5, 0.6) is 0 Å². The van der Waals surface area contributed by atoms with E-state index in [9.17, 15) is 9.59 Å². The Bertz CT molecular complexity index is 880. The zero-order chi connectivity index (χ0) is 22.0. The lowest BCUT2D eigenvalue weighted by molar-refractivity contribution is -0.159. The Kier molecular flexibility index (Phi) is 5.14. The van der Waals surface area contributed by atoms with E-state index in [0.717, 1.165) is 44.9 Å². The summed E-state index contributed by atoms with van der Waals surface area (Å²) in [6.07, 6.45) is 7.83. The van der Waals surface area contributed by atoms with Crippen molar-refractivity contribution in [3.8, 4) is 0 Å². The summed E-state index contributed by atoms with van der Waals surface area (Å²) in [4.78, 5) is 26.2. The third kappa shape index (κ3) is 3.31. The molecule has 4 fully saturated rings. The number of benzene rings is 1. The van der Waals surface area contributed by atoms with E-state index in [-0.39, 0.29) is 22.9 Å². The maximum absolute atomic E-state index is 13.5. The van der Waals surface area contributed by atoms with Crippen molar-refractivity contribution in [2.24, 2.45) is 34.5 Å². The highest BCUT2D eigenvalue weighted by molar-refractivity contribution is 6.84. The molecular weight excluding hydrogens is 400 g/mol. The van der Waals surface area contributed by atoms with E-state index >= 15 is 0 Å². The molecule has 4 saturated carbocycles. The third-order valence-electron chi connectivity index (χ3n) is 10.0. The molecule has 0 heterocycles. The van der Waals surface area contributed by atoms with E-state index in [2.05, 4.69) is 57.3 Å². The van der Waals surface area contributed by atoms with Gasteiger partial charge in [0.05, 0.1) is 0 Å². The van der Waals surface area contributed by atoms with Crippen molar-refractivity contribution < 1.29 is 14.0 Å². The Hall–Kier alpha value is -1.26. The summed E-state index contributed by atoms with van der Waals surface area (Å²) in [5, 5.41) is 1.33. The minimum atomic E-state index is -1.99. The van der Waals surface area contributed by atoms with Gasteiger partial charge in [-0.05, 0) is 80.0 Å². The summed E-state index contributed by atoms with van der Waals surface area (Å²) in [5.74, 6) is 2.50. The topological polar surface area (TPSA) is 43.4 Å². The van der Waals surface area contributed by atoms with Crippen LogP contribution in [0, 0.1) is 34.5 Å². The highest BCUT2D eigenvalue weighted by Gasteiger charge is 2.62. The largest absolute Gasteiger partial charge is 0.410 e. The first-order valence-electron chi connectivity index (χ1n) is 12.4. The summed E-state index contributed by atoms with van der Waals surface area (Å²) < 4.78 is 6.78. The van der Waals surface area contributed by atoms with E-state index in [1.807, 2.05) is 0 Å². The Morgan fingerprint density at radius 3 is 2.45 bits per heavy atom. The summed E-state index contributed by atoms with van der Waals surface area (Å²) in [7, 11) is -1.99. The Morgan fingerprint density at radius 1 is 0.968 bits per heavy atom. The molecule has 0 N–H and O–H groups in total. The predicted molar refractivity (Wildman–Crippen MR) is 126 cm³/mol. The summed E-state index contributed by atoms with van der Waals surface area (Å²) >= 11 is 0. The predicted octanol–water partition coefficient (Wildman–Crippen LogP) is 5.27. The van der Waals surface area contributed by atoms with Gasteiger partial charge in [-0.1, -0.05) is 44.2 Å². The van der Waals surface area contributed by atoms with Gasteiger partial charge in [0.25, 0.3) is 0 Å². The van der Waals surface area contributed by atoms with Crippen molar-refractivity contribution in [3.63, 3.8) is 0 Å². The zero-order valence-electron chi connectivity index (χ0n) is 19.7. The average Bonchev–Trinajstić information content (AvgIpc) is 3.04. The summed E-state index contributed by atoms with van der Waals surface area (Å²) in [5.41, 5.74) is -0.0679. The molecule has 4 aliphatic carbocycles. The number of Topliss-reactive ketones (excluding diaryl/α,β-unsaturated/α-hetero) is 2. The first-order valence-corrected chi connectivity index (χ1v) is 15.4. The van der Waals surface area contributed by atoms with Crippen molar-refractivity contribution in [1.29, 1.82) is 0 Å². The summed E-state index contributed by atoms with van der Waals surface area (Å²) in [6, 6.07) is 10.6. The number of carbonyl (C=O) groups excluding carboxylic acids is 2. The van der Waals surface area contributed by atoms with Gasteiger partial charge in [0.15, 0.2) is 0 Å². The van der Waals surface area contributed by atoms with Crippen LogP contribution in [0.15, 0.2) is 30.3 Å². The van der Waals surface area contributed by atoms with E-state index in [4.69, 9.17) is 4.43 Å². The summed E-state index contributed by atoms with van der Waals surface area (Å²) in [6.45, 7) is 9.17. The van der Waals surface area contributed by atoms with E-state index < -0.39 is 8.32 Å². The molecule has 168 valence electrons. The molecular formula is C27H38O3Si. The van der Waals surface area contributed by atoms with Crippen molar-refractivity contribution in [1.82, 2.24) is 0 Å². The van der Waals surface area contributed by atoms with Crippen molar-refractivity contribution in [2.75, 3.05) is 0 Å². The van der Waals surface area contributed by atoms with Gasteiger partial charge < -0.3 is 4.43 Å². The van der Waals surface area contributed by atoms with Crippen LogP contribution >= 0.6 is 0 Å². The Balaban J connectivity index is 1.35. The number of hydrogen-bond acceptors (Lipinski definition) is 3. The fourth-order valence-electron chi connectivity index (χ4n) is 8.21. The lowest BCUT2D eigenvalue weighted by Gasteiger charge is -2.59. The van der Waals surface area contributed by atoms with Crippen LogP contribution in [-0.2, 0) is 14.0 Å². The minimum Gasteiger partial charge on any atom is -0.410 e. The van der Waals surface area contributed by atoms with Crippen molar-refractivity contribution in [2.45, 2.75) is 84.4 Å². The van der Waals surface area contributed by atoms with Crippen LogP contribution in [0.2, 0.25) is 13.1 Å². The molecule has 0 unspecified atom stereocenters. The molecule has 0 saturated heterocycles. The lowest BCUT2D eigenvalue weighted by atomic mass is 9.45. The molecule has 1 aromatic rings. The first-order chi connectivity index (χ1) is 14.6. The van der Waals surface area contributed by atoms with Crippen molar-refractivity contribution in [3.05, 3.63) is 30.3 Å². The van der Waals surface area contributed by atoms with Gasteiger partial charge in [0.1, 0.15) is 11.6 Å². The second-order valence-corrected chi connectivity index (χ2v) is 15.7. The fraction of sp³-hybridized carbons (Fsp3) is 0.704. The highest BCUT2D eigenvalue weighted by Crippen LogP contribution is 2.64. The van der Waals surface area contributed by atoms with Gasteiger partial charge in [-0.2, -0.15) is 0 Å². The number of rotatable bonds is 3. The molecule has 0 radical (unpaired) electrons. The second-order valence-electron chi connectivity index (χ2n) is 11.9. The van der Waals surface area contributed by atoms with Gasteiger partial charge in [-0.15, -0.1) is 0 Å². The Morgan fingerprint density at radius 2 is 1.71 bits per heavy atom. The molecule has 4 heteroatoms. The Labute approximate surface area is 188 Å². The molecule has 0 amide bonds. The molecule has 31 heavy (non-hydrogen) atoms. The van der Waals surface area contributed by atoms with E-state index in [0.29, 0.717) is 35.7 Å². The van der Waals surface area contributed by atoms with Gasteiger partial charge >= 0.3 is 0 Å². The molecule has 3 nitrogen and oxygen atoms in total. The molecule has 0 aliphatic heterocycles. The number of fused-ring (bicyclic) bond motifs is 5. The van der Waals surface area contributed by atoms with Crippen LogP contribution in [0.4, 0.5) is 0 Å². The fourth-order valence-corrected chi connectivity index (χ4v) is 10.4. The highest BCUT2D eigenvalue weighted by atomic mass is 28.4. The molecule has 5 rings (SSSR count). The van der Waals surface area contributed by atoms with Crippen LogP contribution in [-0.4, -0.2) is 26.0 Å². The molecule has 7 atom stereocenters. The van der Waals surface area contributed by atoms with E-state index in [1.54, 1.807) is 0 Å². The van der Waals surface area contributed by atoms with Crippen LogP contribution in [0.25, 0.3) is 0 Å². The standard InChI is InChI=1S/C27H38O3Si/c1-26-14-12-18(30-31(3,4)19-8-6-5-7-9-19)16-23(26)24(28)17-20-21-10-11-25(29)27(21,2)15-13-22(20)26/h5-9,18,20-23H,10-17H2,1-4H3/t18-,20+,21+,22+,23-,26-,27+/m1/s1. The number of hydrogen-bond donors (Lipinski definition) is 0. The molecule has 0 aromatic heterocycles. The molecule has 0 bridgehead atoms.